The minimum Gasteiger partial charge on any atom is -0.339 e. The zero-order valence-corrected chi connectivity index (χ0v) is 17.1. The topological polar surface area (TPSA) is 72.1 Å². The van der Waals surface area contributed by atoms with Crippen molar-refractivity contribution in [3.8, 4) is 5.69 Å². The molecule has 1 aliphatic heterocycles. The van der Waals surface area contributed by atoms with Gasteiger partial charge in [-0.3, -0.25) is 4.79 Å². The van der Waals surface area contributed by atoms with Crippen LogP contribution in [-0.4, -0.2) is 61.8 Å². The first-order valence-corrected chi connectivity index (χ1v) is 10.4. The monoisotopic (exact) mass is 413 g/mol. The first-order chi connectivity index (χ1) is 15.3. The molecule has 31 heavy (non-hydrogen) atoms. The Hall–Kier alpha value is -3.94. The van der Waals surface area contributed by atoms with Crippen molar-refractivity contribution in [2.45, 2.75) is 6.54 Å². The van der Waals surface area contributed by atoms with Gasteiger partial charge in [0.05, 0.1) is 5.69 Å². The van der Waals surface area contributed by atoms with Crippen LogP contribution in [0.3, 0.4) is 0 Å². The molecule has 8 heteroatoms. The van der Waals surface area contributed by atoms with E-state index < -0.39 is 0 Å². The highest BCUT2D eigenvalue weighted by Gasteiger charge is 2.26. The van der Waals surface area contributed by atoms with Crippen LogP contribution in [0.2, 0.25) is 0 Å². The van der Waals surface area contributed by atoms with Gasteiger partial charge in [-0.05, 0) is 40.3 Å². The van der Waals surface area contributed by atoms with E-state index in [9.17, 15) is 4.79 Å². The van der Waals surface area contributed by atoms with Gasteiger partial charge in [0, 0.05) is 38.9 Å². The lowest BCUT2D eigenvalue weighted by Gasteiger charge is -2.35. The van der Waals surface area contributed by atoms with Gasteiger partial charge in [0.1, 0.15) is 5.69 Å². The smallest absolute Gasteiger partial charge is 0.270 e. The van der Waals surface area contributed by atoms with Crippen molar-refractivity contribution in [2.75, 3.05) is 31.1 Å². The zero-order valence-electron chi connectivity index (χ0n) is 17.1. The van der Waals surface area contributed by atoms with E-state index in [4.69, 9.17) is 0 Å². The van der Waals surface area contributed by atoms with Gasteiger partial charge in [0.2, 0.25) is 5.95 Å². The van der Waals surface area contributed by atoms with Crippen LogP contribution in [0.5, 0.6) is 0 Å². The minimum absolute atomic E-state index is 0.0585. The predicted octanol–water partition coefficient (Wildman–Crippen LogP) is 2.47. The molecule has 1 amide bonds. The second kappa shape index (κ2) is 8.43. The highest BCUT2D eigenvalue weighted by Crippen LogP contribution is 2.18. The number of carbonyl (C=O) groups excluding carboxylic acids is 1. The molecule has 3 heterocycles. The maximum atomic E-state index is 13.2. The molecule has 0 atom stereocenters. The molecule has 0 N–H and O–H groups in total. The van der Waals surface area contributed by atoms with Gasteiger partial charge in [-0.2, -0.15) is 4.68 Å². The number of rotatable bonds is 5. The van der Waals surface area contributed by atoms with Crippen LogP contribution in [-0.2, 0) is 6.54 Å². The summed E-state index contributed by atoms with van der Waals surface area (Å²) >= 11 is 0. The van der Waals surface area contributed by atoms with Gasteiger partial charge in [-0.25, -0.2) is 0 Å². The number of anilines is 1. The molecule has 5 rings (SSSR count). The lowest BCUT2D eigenvalue weighted by molar-refractivity contribution is 0.0735. The van der Waals surface area contributed by atoms with Gasteiger partial charge >= 0.3 is 0 Å². The van der Waals surface area contributed by atoms with E-state index in [0.29, 0.717) is 44.4 Å². The minimum atomic E-state index is 0.0585. The van der Waals surface area contributed by atoms with Crippen molar-refractivity contribution in [3.63, 3.8) is 0 Å². The van der Waals surface area contributed by atoms with E-state index in [1.54, 1.807) is 4.68 Å². The largest absolute Gasteiger partial charge is 0.339 e. The molecule has 4 aromatic rings. The summed E-state index contributed by atoms with van der Waals surface area (Å²) in [7, 11) is 0. The first kappa shape index (κ1) is 19.0. The quantitative estimate of drug-likeness (QED) is 0.503. The number of para-hydroxylation sites is 1. The highest BCUT2D eigenvalue weighted by atomic mass is 16.2. The summed E-state index contributed by atoms with van der Waals surface area (Å²) in [6.45, 7) is 3.28. The lowest BCUT2D eigenvalue weighted by Crippen LogP contribution is -2.49. The molecule has 0 aliphatic carbocycles. The third-order valence-electron chi connectivity index (χ3n) is 5.55. The summed E-state index contributed by atoms with van der Waals surface area (Å²) in [5.41, 5.74) is 2.80. The number of carbonyl (C=O) groups is 1. The number of nitrogens with zero attached hydrogens (tertiary/aromatic N) is 7. The fourth-order valence-electron chi connectivity index (χ4n) is 3.91. The van der Waals surface area contributed by atoms with E-state index in [-0.39, 0.29) is 5.91 Å². The molecule has 0 radical (unpaired) electrons. The van der Waals surface area contributed by atoms with Gasteiger partial charge in [0.25, 0.3) is 5.91 Å². The van der Waals surface area contributed by atoms with Crippen LogP contribution in [0.25, 0.3) is 5.69 Å². The third-order valence-corrected chi connectivity index (χ3v) is 5.55. The average molecular weight is 413 g/mol. The van der Waals surface area contributed by atoms with Crippen molar-refractivity contribution in [1.82, 2.24) is 29.7 Å². The number of piperazine rings is 1. The van der Waals surface area contributed by atoms with Crippen LogP contribution in [0, 0.1) is 0 Å². The van der Waals surface area contributed by atoms with E-state index in [0.717, 1.165) is 5.69 Å². The molecule has 1 fully saturated rings. The van der Waals surface area contributed by atoms with Crippen molar-refractivity contribution in [1.29, 1.82) is 0 Å². The van der Waals surface area contributed by atoms with E-state index >= 15 is 0 Å². The Morgan fingerprint density at radius 1 is 0.839 bits per heavy atom. The average Bonchev–Trinajstić information content (AvgIpc) is 3.50. The highest BCUT2D eigenvalue weighted by molar-refractivity contribution is 5.93. The lowest BCUT2D eigenvalue weighted by atomic mass is 10.2. The van der Waals surface area contributed by atoms with Crippen LogP contribution in [0.1, 0.15) is 16.1 Å². The Kier molecular flexibility index (Phi) is 5.18. The Balaban J connectivity index is 1.27. The number of aromatic nitrogens is 5. The summed E-state index contributed by atoms with van der Waals surface area (Å²) in [6, 6.07) is 23.8. The maximum absolute atomic E-state index is 13.2. The number of hydrogen-bond acceptors (Lipinski definition) is 5. The molecule has 8 nitrogen and oxygen atoms in total. The summed E-state index contributed by atoms with van der Waals surface area (Å²) in [4.78, 5) is 17.2. The number of amides is 1. The second-order valence-electron chi connectivity index (χ2n) is 7.51. The molecular formula is C23H23N7O. The van der Waals surface area contributed by atoms with Gasteiger partial charge in [-0.1, -0.05) is 53.6 Å². The van der Waals surface area contributed by atoms with Crippen LogP contribution in [0.15, 0.2) is 79.0 Å². The third kappa shape index (κ3) is 3.92. The molecule has 2 aromatic heterocycles. The molecule has 0 unspecified atom stereocenters. The van der Waals surface area contributed by atoms with E-state index in [2.05, 4.69) is 32.6 Å². The van der Waals surface area contributed by atoms with Gasteiger partial charge in [-0.15, -0.1) is 0 Å². The summed E-state index contributed by atoms with van der Waals surface area (Å²) in [5.74, 6) is 0.758. The van der Waals surface area contributed by atoms with Crippen molar-refractivity contribution in [2.24, 2.45) is 0 Å². The molecule has 1 saturated heterocycles. The SMILES string of the molecule is O=C(c1cccn1Cc1ccccc1)N1CCN(c2nnnn2-c2ccccc2)CC1. The molecular weight excluding hydrogens is 390 g/mol. The summed E-state index contributed by atoms with van der Waals surface area (Å²) in [6.07, 6.45) is 1.96. The molecule has 156 valence electrons. The summed E-state index contributed by atoms with van der Waals surface area (Å²) in [5, 5.41) is 12.2. The summed E-state index contributed by atoms with van der Waals surface area (Å²) < 4.78 is 3.75. The normalized spacial score (nSPS) is 14.1. The number of hydrogen-bond donors (Lipinski definition) is 0. The molecule has 0 saturated carbocycles. The molecule has 0 spiro atoms. The maximum Gasteiger partial charge on any atom is 0.270 e. The van der Waals surface area contributed by atoms with Crippen molar-refractivity contribution in [3.05, 3.63) is 90.3 Å². The molecule has 1 aliphatic rings. The van der Waals surface area contributed by atoms with Gasteiger partial charge < -0.3 is 14.4 Å². The fourth-order valence-corrected chi connectivity index (χ4v) is 3.91. The van der Waals surface area contributed by atoms with Crippen molar-refractivity contribution >= 4 is 11.9 Å². The Bertz CT molecular complexity index is 1140. The first-order valence-electron chi connectivity index (χ1n) is 10.4. The Morgan fingerprint density at radius 3 is 2.29 bits per heavy atom. The number of benzene rings is 2. The fraction of sp³-hybridized carbons (Fsp3) is 0.217. The van der Waals surface area contributed by atoms with Crippen LogP contribution in [0.4, 0.5) is 5.95 Å². The second-order valence-corrected chi connectivity index (χ2v) is 7.51. The Labute approximate surface area is 180 Å². The van der Waals surface area contributed by atoms with Crippen molar-refractivity contribution < 1.29 is 4.79 Å². The molecule has 0 bridgehead atoms. The number of tetrazole rings is 1. The molecule has 2 aromatic carbocycles. The van der Waals surface area contributed by atoms with E-state index in [1.807, 2.05) is 76.3 Å². The predicted molar refractivity (Wildman–Crippen MR) is 117 cm³/mol. The zero-order chi connectivity index (χ0) is 21.0. The van der Waals surface area contributed by atoms with E-state index in [1.165, 1.54) is 5.56 Å². The standard InChI is InChI=1S/C23H23N7O/c31-22(21-12-7-13-29(21)18-19-8-3-1-4-9-19)27-14-16-28(17-15-27)23-24-25-26-30(23)20-10-5-2-6-11-20/h1-13H,14-18H2. The van der Waals surface area contributed by atoms with Crippen LogP contribution >= 0.6 is 0 Å². The van der Waals surface area contributed by atoms with Gasteiger partial charge in [0.15, 0.2) is 0 Å². The van der Waals surface area contributed by atoms with Crippen LogP contribution < -0.4 is 4.90 Å². The Morgan fingerprint density at radius 2 is 1.55 bits per heavy atom.